The number of sulfonamides is 1. The van der Waals surface area contributed by atoms with Gasteiger partial charge in [0.05, 0.1) is 11.2 Å². The molecule has 1 aromatic heterocycles. The normalized spacial score (nSPS) is 17.7. The number of fused-ring (bicyclic) bond motifs is 1. The molecule has 1 aliphatic heterocycles. The average molecular weight is 374 g/mol. The third-order valence-corrected chi connectivity index (χ3v) is 6.49. The fourth-order valence-electron chi connectivity index (χ4n) is 3.27. The van der Waals surface area contributed by atoms with Crippen LogP contribution in [-0.4, -0.2) is 31.8 Å². The van der Waals surface area contributed by atoms with E-state index in [4.69, 9.17) is 4.42 Å². The summed E-state index contributed by atoms with van der Waals surface area (Å²) in [6, 6.07) is 6.70. The summed E-state index contributed by atoms with van der Waals surface area (Å²) < 4.78 is 33.1. The number of carbonyl (C=O) groups is 1. The molecular weight excluding hydrogens is 352 g/mol. The molecule has 1 aromatic carbocycles. The van der Waals surface area contributed by atoms with E-state index in [9.17, 15) is 13.2 Å². The first-order chi connectivity index (χ1) is 12.4. The highest BCUT2D eigenvalue weighted by Crippen LogP contribution is 2.25. The molecule has 7 heteroatoms. The zero-order chi connectivity index (χ0) is 18.3. The fraction of sp³-hybridized carbons (Fsp3) is 0.421. The molecule has 0 unspecified atom stereocenters. The van der Waals surface area contributed by atoms with Crippen LogP contribution < -0.4 is 4.72 Å². The second-order valence-electron chi connectivity index (χ2n) is 7.07. The van der Waals surface area contributed by atoms with Crippen LogP contribution in [0, 0.1) is 6.92 Å². The first-order valence-corrected chi connectivity index (χ1v) is 10.4. The molecule has 1 amide bonds. The van der Waals surface area contributed by atoms with Gasteiger partial charge in [-0.15, -0.1) is 0 Å². The Kier molecular flexibility index (Phi) is 4.36. The van der Waals surface area contributed by atoms with Gasteiger partial charge in [-0.2, -0.15) is 0 Å². The van der Waals surface area contributed by atoms with Gasteiger partial charge in [0.15, 0.2) is 0 Å². The van der Waals surface area contributed by atoms with Crippen LogP contribution >= 0.6 is 0 Å². The van der Waals surface area contributed by atoms with Gasteiger partial charge < -0.3 is 9.32 Å². The Labute approximate surface area is 153 Å². The Morgan fingerprint density at radius 2 is 2.08 bits per heavy atom. The summed E-state index contributed by atoms with van der Waals surface area (Å²) in [5, 5.41) is 0. The molecule has 138 valence electrons. The molecule has 1 fully saturated rings. The lowest BCUT2D eigenvalue weighted by molar-refractivity contribution is 0.0745. The van der Waals surface area contributed by atoms with Crippen LogP contribution in [0.2, 0.25) is 0 Å². The van der Waals surface area contributed by atoms with Crippen molar-refractivity contribution >= 4 is 15.9 Å². The van der Waals surface area contributed by atoms with Gasteiger partial charge in [-0.05, 0) is 49.9 Å². The summed E-state index contributed by atoms with van der Waals surface area (Å²) in [6.45, 7) is 2.94. The maximum atomic E-state index is 13.1. The SMILES string of the molecule is Cc1ccc(S(=O)(=O)NC2CC2)cc1C(=O)N1CCCc2occc2C1. The molecule has 2 heterocycles. The van der Waals surface area contributed by atoms with Crippen molar-refractivity contribution in [1.82, 2.24) is 9.62 Å². The van der Waals surface area contributed by atoms with E-state index in [1.54, 1.807) is 23.3 Å². The predicted octanol–water partition coefficient (Wildman–Crippen LogP) is 2.62. The van der Waals surface area contributed by atoms with E-state index in [0.717, 1.165) is 42.6 Å². The van der Waals surface area contributed by atoms with Crippen LogP contribution in [0.15, 0.2) is 39.8 Å². The Morgan fingerprint density at radius 1 is 1.27 bits per heavy atom. The van der Waals surface area contributed by atoms with Crippen LogP contribution in [-0.2, 0) is 23.0 Å². The zero-order valence-corrected chi connectivity index (χ0v) is 15.5. The lowest BCUT2D eigenvalue weighted by atomic mass is 10.1. The second kappa shape index (κ2) is 6.55. The first-order valence-electron chi connectivity index (χ1n) is 8.91. The number of aryl methyl sites for hydroxylation is 2. The summed E-state index contributed by atoms with van der Waals surface area (Å²) >= 11 is 0. The van der Waals surface area contributed by atoms with Gasteiger partial charge in [0.2, 0.25) is 10.0 Å². The van der Waals surface area contributed by atoms with E-state index >= 15 is 0 Å². The minimum Gasteiger partial charge on any atom is -0.469 e. The van der Waals surface area contributed by atoms with E-state index in [1.165, 1.54) is 6.07 Å². The molecule has 1 saturated carbocycles. The summed E-state index contributed by atoms with van der Waals surface area (Å²) in [5.41, 5.74) is 2.24. The molecular formula is C19H22N2O4S. The van der Waals surface area contributed by atoms with Crippen molar-refractivity contribution < 1.29 is 17.6 Å². The molecule has 0 saturated heterocycles. The van der Waals surface area contributed by atoms with E-state index in [-0.39, 0.29) is 16.8 Å². The molecule has 0 bridgehead atoms. The monoisotopic (exact) mass is 374 g/mol. The molecule has 0 atom stereocenters. The van der Waals surface area contributed by atoms with Crippen LogP contribution in [0.1, 0.15) is 46.5 Å². The quantitative estimate of drug-likeness (QED) is 0.892. The summed E-state index contributed by atoms with van der Waals surface area (Å²) in [4.78, 5) is 15.0. The highest BCUT2D eigenvalue weighted by Gasteiger charge is 2.29. The Hall–Kier alpha value is -2.12. The topological polar surface area (TPSA) is 79.6 Å². The second-order valence-corrected chi connectivity index (χ2v) is 8.79. The van der Waals surface area contributed by atoms with Gasteiger partial charge in [0.1, 0.15) is 5.76 Å². The Morgan fingerprint density at radius 3 is 2.85 bits per heavy atom. The summed E-state index contributed by atoms with van der Waals surface area (Å²) in [6.07, 6.45) is 5.04. The van der Waals surface area contributed by atoms with Crippen molar-refractivity contribution in [3.05, 3.63) is 53.0 Å². The third kappa shape index (κ3) is 3.41. The van der Waals surface area contributed by atoms with Crippen LogP contribution in [0.3, 0.4) is 0 Å². The standard InChI is InChI=1S/C19H22N2O4S/c1-13-4-7-16(26(23,24)20-15-5-6-15)11-17(13)19(22)21-9-2-3-18-14(12-21)8-10-25-18/h4,7-8,10-11,15,20H,2-3,5-6,9,12H2,1H3. The van der Waals surface area contributed by atoms with Gasteiger partial charge in [-0.25, -0.2) is 13.1 Å². The lowest BCUT2D eigenvalue weighted by Gasteiger charge is -2.22. The highest BCUT2D eigenvalue weighted by molar-refractivity contribution is 7.89. The summed E-state index contributed by atoms with van der Waals surface area (Å²) in [5.74, 6) is 0.794. The number of furan rings is 1. The molecule has 6 nitrogen and oxygen atoms in total. The molecule has 0 radical (unpaired) electrons. The van der Waals surface area contributed by atoms with Gasteiger partial charge in [-0.1, -0.05) is 6.07 Å². The minimum atomic E-state index is -3.58. The molecule has 2 aliphatic rings. The van der Waals surface area contributed by atoms with Gasteiger partial charge in [0, 0.05) is 36.7 Å². The minimum absolute atomic E-state index is 0.0329. The number of nitrogens with zero attached hydrogens (tertiary/aromatic N) is 1. The van der Waals surface area contributed by atoms with Crippen LogP contribution in [0.4, 0.5) is 0 Å². The van der Waals surface area contributed by atoms with Crippen LogP contribution in [0.25, 0.3) is 0 Å². The molecule has 26 heavy (non-hydrogen) atoms. The van der Waals surface area contributed by atoms with Crippen molar-refractivity contribution in [2.75, 3.05) is 6.54 Å². The number of amides is 1. The Balaban J connectivity index is 1.62. The molecule has 0 spiro atoms. The first kappa shape index (κ1) is 17.3. The summed E-state index contributed by atoms with van der Waals surface area (Å²) in [7, 11) is -3.58. The van der Waals surface area contributed by atoms with Crippen LogP contribution in [0.5, 0.6) is 0 Å². The zero-order valence-electron chi connectivity index (χ0n) is 14.7. The highest BCUT2D eigenvalue weighted by atomic mass is 32.2. The van der Waals surface area contributed by atoms with Gasteiger partial charge in [-0.3, -0.25) is 4.79 Å². The predicted molar refractivity (Wildman–Crippen MR) is 96.3 cm³/mol. The van der Waals surface area contributed by atoms with Crippen molar-refractivity contribution in [1.29, 1.82) is 0 Å². The average Bonchev–Trinajstić information content (AvgIpc) is 3.35. The molecule has 2 aromatic rings. The fourth-order valence-corrected chi connectivity index (χ4v) is 4.60. The smallest absolute Gasteiger partial charge is 0.254 e. The van der Waals surface area contributed by atoms with Crippen molar-refractivity contribution in [3.8, 4) is 0 Å². The molecule has 1 N–H and O–H groups in total. The molecule has 4 rings (SSSR count). The number of rotatable bonds is 4. The number of hydrogen-bond donors (Lipinski definition) is 1. The van der Waals surface area contributed by atoms with Crippen molar-refractivity contribution in [3.63, 3.8) is 0 Å². The van der Waals surface area contributed by atoms with Crippen molar-refractivity contribution in [2.45, 2.75) is 50.1 Å². The number of nitrogens with one attached hydrogen (secondary N) is 1. The number of carbonyl (C=O) groups excluding carboxylic acids is 1. The Bertz CT molecular complexity index is 944. The van der Waals surface area contributed by atoms with Gasteiger partial charge in [0.25, 0.3) is 5.91 Å². The number of hydrogen-bond acceptors (Lipinski definition) is 4. The van der Waals surface area contributed by atoms with E-state index in [1.807, 2.05) is 13.0 Å². The van der Waals surface area contributed by atoms with E-state index in [2.05, 4.69) is 4.72 Å². The van der Waals surface area contributed by atoms with E-state index < -0.39 is 10.0 Å². The molecule has 1 aliphatic carbocycles. The maximum absolute atomic E-state index is 13.1. The largest absolute Gasteiger partial charge is 0.469 e. The number of benzene rings is 1. The van der Waals surface area contributed by atoms with E-state index in [0.29, 0.717) is 18.7 Å². The lowest BCUT2D eigenvalue weighted by Crippen LogP contribution is -2.31. The van der Waals surface area contributed by atoms with Crippen molar-refractivity contribution in [2.24, 2.45) is 0 Å². The van der Waals surface area contributed by atoms with Gasteiger partial charge >= 0.3 is 0 Å². The third-order valence-electron chi connectivity index (χ3n) is 4.97. The maximum Gasteiger partial charge on any atom is 0.254 e.